The van der Waals surface area contributed by atoms with E-state index in [4.69, 9.17) is 21.7 Å². The van der Waals surface area contributed by atoms with Gasteiger partial charge in [-0.3, -0.25) is 4.79 Å². The van der Waals surface area contributed by atoms with Crippen molar-refractivity contribution in [2.24, 2.45) is 23.2 Å². The van der Waals surface area contributed by atoms with Crippen LogP contribution in [-0.4, -0.2) is 39.8 Å². The van der Waals surface area contributed by atoms with Gasteiger partial charge >= 0.3 is 5.97 Å². The van der Waals surface area contributed by atoms with Crippen LogP contribution in [0, 0.1) is 23.2 Å². The molecule has 4 atom stereocenters. The van der Waals surface area contributed by atoms with Crippen molar-refractivity contribution in [2.75, 3.05) is 13.2 Å². The zero-order chi connectivity index (χ0) is 27.0. The average molecular weight is 543 g/mol. The zero-order valence-electron chi connectivity index (χ0n) is 22.8. The molecule has 1 aromatic carbocycles. The molecule has 202 valence electrons. The number of hydrogen-bond donors (Lipinski definition) is 1. The molecule has 0 saturated carbocycles. The van der Waals surface area contributed by atoms with Crippen molar-refractivity contribution in [3.63, 3.8) is 0 Å². The van der Waals surface area contributed by atoms with Gasteiger partial charge < -0.3 is 14.6 Å². The number of carbonyl (C=O) groups is 1. The normalized spacial score (nSPS) is 21.7. The van der Waals surface area contributed by atoms with Gasteiger partial charge in [0, 0.05) is 16.7 Å². The van der Waals surface area contributed by atoms with E-state index < -0.39 is 11.5 Å². The second-order valence-electron chi connectivity index (χ2n) is 11.1. The van der Waals surface area contributed by atoms with E-state index in [1.807, 2.05) is 31.2 Å². The number of rotatable bonds is 13. The van der Waals surface area contributed by atoms with E-state index in [2.05, 4.69) is 58.1 Å². The van der Waals surface area contributed by atoms with E-state index in [1.54, 1.807) is 11.8 Å². The Morgan fingerprint density at radius 1 is 1.14 bits per heavy atom. The van der Waals surface area contributed by atoms with Crippen molar-refractivity contribution in [3.8, 4) is 0 Å². The summed E-state index contributed by atoms with van der Waals surface area (Å²) in [6.07, 6.45) is 10.9. The molecule has 1 N–H and O–H groups in total. The van der Waals surface area contributed by atoms with Gasteiger partial charge in [0.25, 0.3) is 0 Å². The molecule has 4 unspecified atom stereocenters. The number of unbranched alkanes of at least 4 members (excludes halogenated alkanes) is 1. The first-order valence-corrected chi connectivity index (χ1v) is 14.7. The van der Waals surface area contributed by atoms with Crippen LogP contribution in [0.25, 0.3) is 5.57 Å². The van der Waals surface area contributed by atoms with Gasteiger partial charge in [-0.1, -0.05) is 82.4 Å². The molecule has 0 radical (unpaired) electrons. The summed E-state index contributed by atoms with van der Waals surface area (Å²) in [4.78, 5) is 12.7. The Bertz CT molecular complexity index is 1010. The van der Waals surface area contributed by atoms with Crippen LogP contribution < -0.4 is 0 Å². The monoisotopic (exact) mass is 542 g/mol. The lowest BCUT2D eigenvalue weighted by Gasteiger charge is -2.32. The van der Waals surface area contributed by atoms with Gasteiger partial charge in [0.15, 0.2) is 0 Å². The predicted molar refractivity (Wildman–Crippen MR) is 158 cm³/mol. The molecule has 37 heavy (non-hydrogen) atoms. The Balaban J connectivity index is 1.38. The van der Waals surface area contributed by atoms with Crippen molar-refractivity contribution in [1.82, 2.24) is 0 Å². The summed E-state index contributed by atoms with van der Waals surface area (Å²) >= 11 is 7.38. The SMILES string of the molecule is CC(C)CC(C)(C(=O)OCCCCC(O)COC1=CC2SC(=S)C(c3ccccc3)=CC2C=C1)C(C)C. The summed E-state index contributed by atoms with van der Waals surface area (Å²) in [6.45, 7) is 11.1. The molecule has 0 fully saturated rings. The lowest BCUT2D eigenvalue weighted by atomic mass is 9.73. The Morgan fingerprint density at radius 2 is 1.86 bits per heavy atom. The maximum Gasteiger partial charge on any atom is 0.312 e. The van der Waals surface area contributed by atoms with Gasteiger partial charge in [-0.15, -0.1) is 11.8 Å². The average Bonchev–Trinajstić information content (AvgIpc) is 2.86. The molecule has 1 aliphatic carbocycles. The van der Waals surface area contributed by atoms with Crippen molar-refractivity contribution < 1.29 is 19.4 Å². The molecule has 4 nitrogen and oxygen atoms in total. The standard InChI is InChI=1S/C31H42O4S2/c1-21(2)19-31(5,22(3)4)30(33)34-16-10-9-13-25(32)20-35-26-15-14-24-17-27(23-11-7-6-8-12-23)29(36)37-28(24)18-26/h6-8,11-12,14-15,17-18,21-22,24-25,28,32H,9-10,13,16,19-20H2,1-5H3. The Morgan fingerprint density at radius 3 is 2.54 bits per heavy atom. The minimum atomic E-state index is -0.561. The fourth-order valence-electron chi connectivity index (χ4n) is 4.77. The first kappa shape index (κ1) is 29.7. The van der Waals surface area contributed by atoms with Gasteiger partial charge in [0.1, 0.15) is 12.4 Å². The quantitative estimate of drug-likeness (QED) is 0.159. The van der Waals surface area contributed by atoms with Crippen molar-refractivity contribution in [2.45, 2.75) is 71.7 Å². The molecule has 2 aliphatic rings. The number of hydrogen-bond acceptors (Lipinski definition) is 6. The molecule has 0 bridgehead atoms. The summed E-state index contributed by atoms with van der Waals surface area (Å²) < 4.78 is 12.4. The summed E-state index contributed by atoms with van der Waals surface area (Å²) in [5.41, 5.74) is 1.82. The fourth-order valence-corrected chi connectivity index (χ4v) is 6.38. The summed E-state index contributed by atoms with van der Waals surface area (Å²) in [5.74, 6) is 1.60. The van der Waals surface area contributed by atoms with E-state index >= 15 is 0 Å². The Kier molecular flexibility index (Phi) is 11.0. The summed E-state index contributed by atoms with van der Waals surface area (Å²) in [7, 11) is 0. The van der Waals surface area contributed by atoms with Crippen LogP contribution in [0.1, 0.15) is 65.9 Å². The Hall–Kier alpha value is -1.89. The van der Waals surface area contributed by atoms with E-state index in [9.17, 15) is 9.90 Å². The van der Waals surface area contributed by atoms with Crippen molar-refractivity contribution in [3.05, 3.63) is 66.0 Å². The smallest absolute Gasteiger partial charge is 0.312 e. The summed E-state index contributed by atoms with van der Waals surface area (Å²) in [6, 6.07) is 10.3. The number of thiocarbonyl (C=S) groups is 1. The van der Waals surface area contributed by atoms with Gasteiger partial charge in [-0.2, -0.15) is 0 Å². The number of aliphatic hydroxyl groups excluding tert-OH is 1. The first-order valence-electron chi connectivity index (χ1n) is 13.5. The third kappa shape index (κ3) is 8.30. The Labute approximate surface area is 232 Å². The molecule has 1 aromatic rings. The predicted octanol–water partition coefficient (Wildman–Crippen LogP) is 7.38. The fraction of sp³-hybridized carbons (Fsp3) is 0.548. The van der Waals surface area contributed by atoms with Crippen LogP contribution in [-0.2, 0) is 14.3 Å². The lowest BCUT2D eigenvalue weighted by molar-refractivity contribution is -0.159. The molecule has 0 spiro atoms. The number of carbonyl (C=O) groups excluding carboxylic acids is 1. The van der Waals surface area contributed by atoms with Crippen molar-refractivity contribution in [1.29, 1.82) is 0 Å². The number of thioether (sulfide) groups is 1. The highest BCUT2D eigenvalue weighted by Gasteiger charge is 2.38. The van der Waals surface area contributed by atoms with E-state index in [0.29, 0.717) is 18.9 Å². The third-order valence-corrected chi connectivity index (χ3v) is 8.94. The zero-order valence-corrected chi connectivity index (χ0v) is 24.4. The van der Waals surface area contributed by atoms with Gasteiger partial charge in [0.05, 0.1) is 22.3 Å². The molecule has 0 amide bonds. The third-order valence-electron chi connectivity index (χ3n) is 7.28. The molecule has 6 heteroatoms. The van der Waals surface area contributed by atoms with Crippen LogP contribution in [0.3, 0.4) is 0 Å². The number of aliphatic hydroxyl groups is 1. The first-order chi connectivity index (χ1) is 17.6. The van der Waals surface area contributed by atoms with Gasteiger partial charge in [-0.05, 0) is 62.2 Å². The highest BCUT2D eigenvalue weighted by Crippen LogP contribution is 2.40. The largest absolute Gasteiger partial charge is 0.491 e. The maximum absolute atomic E-state index is 12.7. The number of esters is 1. The number of ether oxygens (including phenoxy) is 2. The van der Waals surface area contributed by atoms with E-state index in [1.165, 1.54) is 0 Å². The van der Waals surface area contributed by atoms with Crippen LogP contribution >= 0.6 is 24.0 Å². The molecular formula is C31H42O4S2. The van der Waals surface area contributed by atoms with Crippen molar-refractivity contribution >= 4 is 39.7 Å². The second-order valence-corrected chi connectivity index (χ2v) is 12.9. The minimum absolute atomic E-state index is 0.111. The van der Waals surface area contributed by atoms with Crippen LogP contribution in [0.4, 0.5) is 0 Å². The van der Waals surface area contributed by atoms with Gasteiger partial charge in [-0.25, -0.2) is 0 Å². The van der Waals surface area contributed by atoms with Crippen LogP contribution in [0.15, 0.2) is 60.4 Å². The minimum Gasteiger partial charge on any atom is -0.491 e. The van der Waals surface area contributed by atoms with Gasteiger partial charge in [0.2, 0.25) is 0 Å². The van der Waals surface area contributed by atoms with E-state index in [0.717, 1.165) is 40.4 Å². The number of benzene rings is 1. The summed E-state index contributed by atoms with van der Waals surface area (Å²) in [5, 5.41) is 10.6. The topological polar surface area (TPSA) is 55.8 Å². The lowest BCUT2D eigenvalue weighted by Crippen LogP contribution is -2.36. The second kappa shape index (κ2) is 13.8. The van der Waals surface area contributed by atoms with Crippen LogP contribution in [0.2, 0.25) is 0 Å². The molecule has 3 rings (SSSR count). The molecule has 1 aliphatic heterocycles. The number of allylic oxidation sites excluding steroid dienone is 3. The molecule has 0 saturated heterocycles. The molecule has 1 heterocycles. The van der Waals surface area contributed by atoms with E-state index in [-0.39, 0.29) is 29.7 Å². The molecule has 0 aromatic heterocycles. The highest BCUT2D eigenvalue weighted by atomic mass is 32.2. The maximum atomic E-state index is 12.7. The van der Waals surface area contributed by atoms with Crippen LogP contribution in [0.5, 0.6) is 0 Å². The number of fused-ring (bicyclic) bond motifs is 1. The highest BCUT2D eigenvalue weighted by molar-refractivity contribution is 8.25. The molecular weight excluding hydrogens is 500 g/mol.